The van der Waals surface area contributed by atoms with Gasteiger partial charge in [0.2, 0.25) is 0 Å². The zero-order valence-electron chi connectivity index (χ0n) is 19.3. The van der Waals surface area contributed by atoms with Gasteiger partial charge in [0.1, 0.15) is 12.7 Å². The van der Waals surface area contributed by atoms with E-state index in [9.17, 15) is 29.7 Å². The van der Waals surface area contributed by atoms with Gasteiger partial charge < -0.3 is 24.8 Å². The molecule has 0 amide bonds. The number of ether oxygens (including phenoxy) is 2. The summed E-state index contributed by atoms with van der Waals surface area (Å²) in [6.45, 7) is 3.67. The summed E-state index contributed by atoms with van der Waals surface area (Å²) in [5, 5.41) is 34.5. The Balaban J connectivity index is 1.49. The van der Waals surface area contributed by atoms with E-state index in [1.165, 1.54) is 6.92 Å². The summed E-state index contributed by atoms with van der Waals surface area (Å²) in [6.07, 6.45) is 5.08. The second-order valence-electron chi connectivity index (χ2n) is 11.3. The standard InChI is InChI=1S/C25H34O8/c1-14(26)33-16-3-9-24(21(28)29)18-4-7-22(2)17(15-11-20(27)32-13-15)6-10-25(22,31)19(18)5-8-23(24,30)12-16/h11,16-19,30-31H,3-10,12-13H2,1-2H3,(H,28,29). The number of carboxylic acids is 1. The maximum absolute atomic E-state index is 12.9. The zero-order chi connectivity index (χ0) is 23.8. The first-order chi connectivity index (χ1) is 15.5. The quantitative estimate of drug-likeness (QED) is 0.545. The van der Waals surface area contributed by atoms with Crippen LogP contribution in [0.2, 0.25) is 0 Å². The van der Waals surface area contributed by atoms with Gasteiger partial charge in [-0.1, -0.05) is 6.92 Å². The molecule has 0 saturated heterocycles. The van der Waals surface area contributed by atoms with Crippen molar-refractivity contribution in [2.75, 3.05) is 6.61 Å². The molecule has 5 aliphatic rings. The van der Waals surface area contributed by atoms with Crippen LogP contribution in [0.15, 0.2) is 11.6 Å². The fourth-order valence-corrected chi connectivity index (χ4v) is 8.81. The van der Waals surface area contributed by atoms with E-state index in [1.807, 2.05) is 0 Å². The van der Waals surface area contributed by atoms with E-state index in [-0.39, 0.29) is 49.6 Å². The second-order valence-corrected chi connectivity index (χ2v) is 11.3. The van der Waals surface area contributed by atoms with Gasteiger partial charge in [-0.25, -0.2) is 4.79 Å². The molecule has 33 heavy (non-hydrogen) atoms. The Labute approximate surface area is 193 Å². The van der Waals surface area contributed by atoms with Gasteiger partial charge in [0.15, 0.2) is 0 Å². The van der Waals surface area contributed by atoms with Crippen molar-refractivity contribution in [2.45, 2.75) is 88.9 Å². The molecule has 3 N–H and O–H groups in total. The minimum atomic E-state index is -1.48. The van der Waals surface area contributed by atoms with Gasteiger partial charge in [-0.05, 0) is 74.7 Å². The van der Waals surface area contributed by atoms with Gasteiger partial charge >= 0.3 is 17.9 Å². The lowest BCUT2D eigenvalue weighted by molar-refractivity contribution is -0.261. The van der Waals surface area contributed by atoms with Crippen molar-refractivity contribution in [3.8, 4) is 0 Å². The first kappa shape index (κ1) is 22.8. The predicted molar refractivity (Wildman–Crippen MR) is 115 cm³/mol. The number of hydrogen-bond acceptors (Lipinski definition) is 7. The SMILES string of the molecule is CC(=O)OC1CCC2(C(=O)O)C3CCC4(C)C(C5=CC(=O)OC5)CCC4(O)C3CCC2(O)C1. The Morgan fingerprint density at radius 3 is 2.42 bits per heavy atom. The number of cyclic esters (lactones) is 1. The molecule has 4 fully saturated rings. The van der Waals surface area contributed by atoms with Crippen LogP contribution in [-0.4, -0.2) is 57.1 Å². The molecule has 0 aromatic rings. The first-order valence-electron chi connectivity index (χ1n) is 12.2. The molecule has 0 spiro atoms. The summed E-state index contributed by atoms with van der Waals surface area (Å²) in [5.74, 6) is -2.37. The third kappa shape index (κ3) is 2.92. The fourth-order valence-electron chi connectivity index (χ4n) is 8.81. The van der Waals surface area contributed by atoms with Crippen LogP contribution < -0.4 is 0 Å². The summed E-state index contributed by atoms with van der Waals surface area (Å²) in [5.41, 5.74) is -3.46. The summed E-state index contributed by atoms with van der Waals surface area (Å²) >= 11 is 0. The molecule has 0 radical (unpaired) electrons. The molecule has 8 unspecified atom stereocenters. The van der Waals surface area contributed by atoms with E-state index in [4.69, 9.17) is 9.47 Å². The molecule has 0 bridgehead atoms. The number of rotatable bonds is 3. The number of carbonyl (C=O) groups excluding carboxylic acids is 2. The maximum atomic E-state index is 12.9. The predicted octanol–water partition coefficient (Wildman–Crippen LogP) is 2.35. The van der Waals surface area contributed by atoms with Crippen molar-refractivity contribution in [1.29, 1.82) is 0 Å². The van der Waals surface area contributed by atoms with Crippen molar-refractivity contribution in [1.82, 2.24) is 0 Å². The highest BCUT2D eigenvalue weighted by Crippen LogP contribution is 2.70. The van der Waals surface area contributed by atoms with Crippen molar-refractivity contribution in [2.24, 2.45) is 28.6 Å². The van der Waals surface area contributed by atoms with Crippen LogP contribution in [-0.2, 0) is 23.9 Å². The minimum Gasteiger partial charge on any atom is -0.481 e. The van der Waals surface area contributed by atoms with Crippen LogP contribution in [0.5, 0.6) is 0 Å². The normalized spacial score (nSPS) is 48.7. The summed E-state index contributed by atoms with van der Waals surface area (Å²) in [7, 11) is 0. The Hall–Kier alpha value is -1.93. The lowest BCUT2D eigenvalue weighted by atomic mass is 9.41. The van der Waals surface area contributed by atoms with Crippen molar-refractivity contribution < 1.29 is 39.2 Å². The number of hydrogen-bond donors (Lipinski definition) is 3. The number of carboxylic acid groups (broad SMARTS) is 1. The third-order valence-corrected chi connectivity index (χ3v) is 10.3. The highest BCUT2D eigenvalue weighted by Gasteiger charge is 2.73. The molecule has 0 aromatic heterocycles. The van der Waals surface area contributed by atoms with E-state index in [0.717, 1.165) is 12.0 Å². The molecular weight excluding hydrogens is 428 g/mol. The van der Waals surface area contributed by atoms with Gasteiger partial charge in [0.05, 0.1) is 16.6 Å². The topological polar surface area (TPSA) is 130 Å². The Morgan fingerprint density at radius 1 is 1.06 bits per heavy atom. The zero-order valence-corrected chi connectivity index (χ0v) is 19.3. The number of aliphatic carboxylic acids is 1. The summed E-state index contributed by atoms with van der Waals surface area (Å²) < 4.78 is 10.5. The maximum Gasteiger partial charge on any atom is 0.331 e. The monoisotopic (exact) mass is 462 g/mol. The van der Waals surface area contributed by atoms with Crippen LogP contribution in [0, 0.1) is 28.6 Å². The van der Waals surface area contributed by atoms with Crippen LogP contribution in [0.4, 0.5) is 0 Å². The molecule has 5 rings (SSSR count). The van der Waals surface area contributed by atoms with Gasteiger partial charge in [0.25, 0.3) is 0 Å². The molecule has 4 saturated carbocycles. The lowest BCUT2D eigenvalue weighted by Gasteiger charge is -2.65. The Morgan fingerprint density at radius 2 is 1.79 bits per heavy atom. The lowest BCUT2D eigenvalue weighted by Crippen LogP contribution is -2.70. The molecule has 1 aliphatic heterocycles. The average molecular weight is 463 g/mol. The molecule has 8 nitrogen and oxygen atoms in total. The Bertz CT molecular complexity index is 927. The number of esters is 2. The van der Waals surface area contributed by atoms with E-state index >= 15 is 0 Å². The smallest absolute Gasteiger partial charge is 0.331 e. The van der Waals surface area contributed by atoms with E-state index in [1.54, 1.807) is 6.08 Å². The average Bonchev–Trinajstić information content (AvgIpc) is 3.26. The summed E-state index contributed by atoms with van der Waals surface area (Å²) in [4.78, 5) is 36.1. The molecule has 8 heteroatoms. The second kappa shape index (κ2) is 7.28. The van der Waals surface area contributed by atoms with E-state index < -0.39 is 40.1 Å². The number of carbonyl (C=O) groups is 3. The van der Waals surface area contributed by atoms with Crippen molar-refractivity contribution in [3.63, 3.8) is 0 Å². The molecule has 4 aliphatic carbocycles. The third-order valence-electron chi connectivity index (χ3n) is 10.3. The molecule has 182 valence electrons. The summed E-state index contributed by atoms with van der Waals surface area (Å²) in [6, 6.07) is 0. The molecule has 1 heterocycles. The van der Waals surface area contributed by atoms with Crippen LogP contribution >= 0.6 is 0 Å². The van der Waals surface area contributed by atoms with Crippen LogP contribution in [0.25, 0.3) is 0 Å². The molecule has 0 aromatic carbocycles. The van der Waals surface area contributed by atoms with Gasteiger partial charge in [-0.3, -0.25) is 9.59 Å². The highest BCUT2D eigenvalue weighted by atomic mass is 16.5. The fraction of sp³-hybridized carbons (Fsp3) is 0.800. The molecular formula is C25H34O8. The van der Waals surface area contributed by atoms with E-state index in [0.29, 0.717) is 32.1 Å². The number of fused-ring (bicyclic) bond motifs is 5. The molecule has 8 atom stereocenters. The van der Waals surface area contributed by atoms with Crippen molar-refractivity contribution in [3.05, 3.63) is 11.6 Å². The van der Waals surface area contributed by atoms with Gasteiger partial charge in [-0.2, -0.15) is 0 Å². The van der Waals surface area contributed by atoms with Crippen LogP contribution in [0.1, 0.15) is 71.6 Å². The van der Waals surface area contributed by atoms with Gasteiger partial charge in [-0.15, -0.1) is 0 Å². The van der Waals surface area contributed by atoms with Gasteiger partial charge in [0, 0.05) is 24.8 Å². The Kier molecular flexibility index (Phi) is 5.04. The first-order valence-corrected chi connectivity index (χ1v) is 12.2. The van der Waals surface area contributed by atoms with Crippen molar-refractivity contribution >= 4 is 17.9 Å². The largest absolute Gasteiger partial charge is 0.481 e. The van der Waals surface area contributed by atoms with Crippen LogP contribution in [0.3, 0.4) is 0 Å². The highest BCUT2D eigenvalue weighted by molar-refractivity contribution is 5.85. The number of aliphatic hydroxyl groups is 2. The minimum absolute atomic E-state index is 0.0243. The van der Waals surface area contributed by atoms with E-state index in [2.05, 4.69) is 6.92 Å².